The number of carbonyl (C=O) groups is 1. The van der Waals surface area contributed by atoms with Crippen LogP contribution in [0.5, 0.6) is 0 Å². The molecule has 1 fully saturated rings. The van der Waals surface area contributed by atoms with E-state index in [1.807, 2.05) is 35.2 Å². The van der Waals surface area contributed by atoms with Gasteiger partial charge in [0.25, 0.3) is 0 Å². The Morgan fingerprint density at radius 2 is 1.62 bits per heavy atom. The van der Waals surface area contributed by atoms with Gasteiger partial charge in [-0.3, -0.25) is 9.69 Å². The van der Waals surface area contributed by atoms with E-state index in [1.165, 1.54) is 12.1 Å². The molecule has 1 aliphatic heterocycles. The number of nitrogens with two attached hydrogens (primary N) is 1. The highest BCUT2D eigenvalue weighted by Gasteiger charge is 2.33. The lowest BCUT2D eigenvalue weighted by Gasteiger charge is -2.40. The van der Waals surface area contributed by atoms with Crippen molar-refractivity contribution >= 4 is 5.91 Å². The fraction of sp³-hybridized carbons (Fsp3) is 0.316. The molecular formula is C19H21FN2O2. The lowest BCUT2D eigenvalue weighted by atomic mass is 10.0. The molecule has 1 amide bonds. The van der Waals surface area contributed by atoms with Crippen molar-refractivity contribution in [3.63, 3.8) is 0 Å². The van der Waals surface area contributed by atoms with Crippen molar-refractivity contribution in [2.24, 2.45) is 5.73 Å². The van der Waals surface area contributed by atoms with Gasteiger partial charge in [0, 0.05) is 13.1 Å². The molecule has 126 valence electrons. The quantitative estimate of drug-likeness (QED) is 0.939. The van der Waals surface area contributed by atoms with Crippen LogP contribution in [0.4, 0.5) is 4.39 Å². The van der Waals surface area contributed by atoms with Crippen molar-refractivity contribution in [1.29, 1.82) is 0 Å². The number of carbonyl (C=O) groups excluding carboxylic acids is 1. The van der Waals surface area contributed by atoms with Crippen LogP contribution in [0, 0.1) is 5.82 Å². The van der Waals surface area contributed by atoms with Crippen LogP contribution in [0.15, 0.2) is 54.6 Å². The van der Waals surface area contributed by atoms with Crippen LogP contribution in [0.3, 0.4) is 0 Å². The first kappa shape index (κ1) is 16.6. The molecule has 24 heavy (non-hydrogen) atoms. The molecule has 3 atom stereocenters. The van der Waals surface area contributed by atoms with E-state index in [1.54, 1.807) is 19.1 Å². The second-order valence-corrected chi connectivity index (χ2v) is 6.11. The van der Waals surface area contributed by atoms with Crippen molar-refractivity contribution < 1.29 is 13.9 Å². The smallest absolute Gasteiger partial charge is 0.234 e. The van der Waals surface area contributed by atoms with Crippen LogP contribution in [0.1, 0.15) is 30.3 Å². The zero-order valence-electron chi connectivity index (χ0n) is 13.6. The molecule has 4 nitrogen and oxygen atoms in total. The molecule has 0 spiro atoms. The molecule has 1 heterocycles. The van der Waals surface area contributed by atoms with E-state index in [0.717, 1.165) is 11.1 Å². The maximum atomic E-state index is 13.2. The summed E-state index contributed by atoms with van der Waals surface area (Å²) in [7, 11) is 0. The number of rotatable bonds is 4. The second kappa shape index (κ2) is 7.11. The number of ether oxygens (including phenoxy) is 1. The zero-order valence-corrected chi connectivity index (χ0v) is 13.6. The Bertz CT molecular complexity index is 690. The molecule has 1 saturated heterocycles. The van der Waals surface area contributed by atoms with E-state index in [2.05, 4.69) is 0 Å². The van der Waals surface area contributed by atoms with E-state index in [0.29, 0.717) is 13.1 Å². The average molecular weight is 328 g/mol. The van der Waals surface area contributed by atoms with Crippen molar-refractivity contribution in [3.8, 4) is 0 Å². The summed E-state index contributed by atoms with van der Waals surface area (Å²) in [5.41, 5.74) is 7.42. The van der Waals surface area contributed by atoms with Crippen molar-refractivity contribution in [3.05, 3.63) is 71.5 Å². The summed E-state index contributed by atoms with van der Waals surface area (Å²) in [6.45, 7) is 2.93. The second-order valence-electron chi connectivity index (χ2n) is 6.11. The first-order valence-corrected chi connectivity index (χ1v) is 8.04. The standard InChI is InChI=1S/C19H21FN2O2/c1-13(19(21)23)22-11-17(14-5-3-2-4-6-14)24-18(12-22)15-7-9-16(20)10-8-15/h2-10,13,17-18H,11-12H2,1H3,(H2,21,23)/t13-,17-,18+/m1/s1. The molecule has 0 bridgehead atoms. The van der Waals surface area contributed by atoms with Gasteiger partial charge in [-0.2, -0.15) is 0 Å². The molecule has 0 aromatic heterocycles. The Labute approximate surface area is 141 Å². The van der Waals surface area contributed by atoms with Crippen LogP contribution in [-0.2, 0) is 9.53 Å². The van der Waals surface area contributed by atoms with E-state index in [9.17, 15) is 9.18 Å². The lowest BCUT2D eigenvalue weighted by Crippen LogP contribution is -2.49. The van der Waals surface area contributed by atoms with Gasteiger partial charge >= 0.3 is 0 Å². The third kappa shape index (κ3) is 3.63. The SMILES string of the molecule is C[C@H](C(N)=O)N1C[C@@H](c2ccc(F)cc2)O[C@@H](c2ccccc2)C1. The van der Waals surface area contributed by atoms with Gasteiger partial charge in [-0.15, -0.1) is 0 Å². The largest absolute Gasteiger partial charge is 0.368 e. The predicted octanol–water partition coefficient (Wildman–Crippen LogP) is 2.81. The fourth-order valence-electron chi connectivity index (χ4n) is 2.99. The van der Waals surface area contributed by atoms with Gasteiger partial charge in [-0.05, 0) is 30.2 Å². The van der Waals surface area contributed by atoms with Crippen LogP contribution in [0.2, 0.25) is 0 Å². The number of halogens is 1. The van der Waals surface area contributed by atoms with E-state index in [-0.39, 0.29) is 30.0 Å². The molecule has 1 aliphatic rings. The fourth-order valence-corrected chi connectivity index (χ4v) is 2.99. The minimum absolute atomic E-state index is 0.170. The van der Waals surface area contributed by atoms with Gasteiger partial charge in [0.15, 0.2) is 0 Å². The number of amides is 1. The summed E-state index contributed by atoms with van der Waals surface area (Å²) >= 11 is 0. The average Bonchev–Trinajstić information content (AvgIpc) is 2.62. The molecule has 0 unspecified atom stereocenters. The van der Waals surface area contributed by atoms with Gasteiger partial charge in [-0.25, -0.2) is 4.39 Å². The third-order valence-electron chi connectivity index (χ3n) is 4.50. The van der Waals surface area contributed by atoms with Gasteiger partial charge in [-0.1, -0.05) is 42.5 Å². The molecular weight excluding hydrogens is 307 g/mol. The number of primary amides is 1. The van der Waals surface area contributed by atoms with Gasteiger partial charge in [0.05, 0.1) is 18.2 Å². The number of benzene rings is 2. The highest BCUT2D eigenvalue weighted by Crippen LogP contribution is 2.33. The van der Waals surface area contributed by atoms with Crippen molar-refractivity contribution in [1.82, 2.24) is 4.90 Å². The summed E-state index contributed by atoms with van der Waals surface area (Å²) in [5.74, 6) is -0.641. The first-order chi connectivity index (χ1) is 11.5. The zero-order chi connectivity index (χ0) is 17.1. The van der Waals surface area contributed by atoms with E-state index in [4.69, 9.17) is 10.5 Å². The molecule has 2 aromatic carbocycles. The molecule has 5 heteroatoms. The van der Waals surface area contributed by atoms with Crippen molar-refractivity contribution in [2.75, 3.05) is 13.1 Å². The highest BCUT2D eigenvalue weighted by atomic mass is 19.1. The molecule has 2 N–H and O–H groups in total. The summed E-state index contributed by atoms with van der Waals surface area (Å²) in [5, 5.41) is 0. The highest BCUT2D eigenvalue weighted by molar-refractivity contribution is 5.79. The van der Waals surface area contributed by atoms with Gasteiger partial charge in [0.2, 0.25) is 5.91 Å². The van der Waals surface area contributed by atoms with Gasteiger partial charge in [0.1, 0.15) is 5.82 Å². The van der Waals surface area contributed by atoms with E-state index < -0.39 is 0 Å². The Hall–Kier alpha value is -2.24. The normalized spacial score (nSPS) is 22.9. The van der Waals surface area contributed by atoms with Crippen molar-refractivity contribution in [2.45, 2.75) is 25.2 Å². The summed E-state index contributed by atoms with van der Waals surface area (Å²) in [6, 6.07) is 15.8. The number of hydrogen-bond donors (Lipinski definition) is 1. The minimum Gasteiger partial charge on any atom is -0.368 e. The maximum absolute atomic E-state index is 13.2. The van der Waals surface area contributed by atoms with Crippen LogP contribution >= 0.6 is 0 Å². The first-order valence-electron chi connectivity index (χ1n) is 8.04. The molecule has 2 aromatic rings. The molecule has 0 radical (unpaired) electrons. The predicted molar refractivity (Wildman–Crippen MR) is 89.6 cm³/mol. The Morgan fingerprint density at radius 1 is 1.08 bits per heavy atom. The lowest BCUT2D eigenvalue weighted by molar-refractivity contribution is -0.132. The molecule has 3 rings (SSSR count). The number of nitrogens with zero attached hydrogens (tertiary/aromatic N) is 1. The Balaban J connectivity index is 1.88. The summed E-state index contributed by atoms with van der Waals surface area (Å²) < 4.78 is 19.4. The van der Waals surface area contributed by atoms with Crippen LogP contribution < -0.4 is 5.73 Å². The Kier molecular flexibility index (Phi) is 4.92. The van der Waals surface area contributed by atoms with Gasteiger partial charge < -0.3 is 10.5 Å². The summed E-state index contributed by atoms with van der Waals surface area (Å²) in [6.07, 6.45) is -0.414. The summed E-state index contributed by atoms with van der Waals surface area (Å²) in [4.78, 5) is 13.6. The molecule has 0 saturated carbocycles. The van der Waals surface area contributed by atoms with Crippen LogP contribution in [-0.4, -0.2) is 29.9 Å². The Morgan fingerprint density at radius 3 is 2.17 bits per heavy atom. The third-order valence-corrected chi connectivity index (χ3v) is 4.50. The van der Waals surface area contributed by atoms with E-state index >= 15 is 0 Å². The molecule has 0 aliphatic carbocycles. The number of morpholine rings is 1. The monoisotopic (exact) mass is 328 g/mol. The topological polar surface area (TPSA) is 55.6 Å². The maximum Gasteiger partial charge on any atom is 0.234 e. The number of hydrogen-bond acceptors (Lipinski definition) is 3. The minimum atomic E-state index is -0.386. The van der Waals surface area contributed by atoms with Crippen LogP contribution in [0.25, 0.3) is 0 Å².